The molecular weight excluding hydrogens is 290 g/mol. The van der Waals surface area contributed by atoms with Crippen LogP contribution >= 0.6 is 8.38 Å². The van der Waals surface area contributed by atoms with Crippen molar-refractivity contribution in [1.82, 2.24) is 4.98 Å². The quantitative estimate of drug-likeness (QED) is 0.680. The number of anilines is 2. The van der Waals surface area contributed by atoms with E-state index in [1.165, 1.54) is 6.07 Å². The average molecular weight is 304 g/mol. The summed E-state index contributed by atoms with van der Waals surface area (Å²) in [6.07, 6.45) is 8.47. The third kappa shape index (κ3) is 3.56. The zero-order chi connectivity index (χ0) is 15.2. The SMILES string of the molecule is C#Cc1ccc(Nc2cnccc2P(OC)OC)c(F)c1. The molecule has 4 nitrogen and oxygen atoms in total. The Morgan fingerprint density at radius 2 is 2.00 bits per heavy atom. The fraction of sp³-hybridized carbons (Fsp3) is 0.133. The number of hydrogen-bond donors (Lipinski definition) is 1. The van der Waals surface area contributed by atoms with Crippen LogP contribution in [0.5, 0.6) is 0 Å². The van der Waals surface area contributed by atoms with Gasteiger partial charge in [-0.25, -0.2) is 4.39 Å². The van der Waals surface area contributed by atoms with Crippen molar-refractivity contribution < 1.29 is 13.4 Å². The van der Waals surface area contributed by atoms with Crippen molar-refractivity contribution in [2.75, 3.05) is 19.5 Å². The van der Waals surface area contributed by atoms with E-state index in [9.17, 15) is 4.39 Å². The molecule has 108 valence electrons. The lowest BCUT2D eigenvalue weighted by molar-refractivity contribution is 0.350. The molecule has 0 amide bonds. The Hall–Kier alpha value is -1.99. The molecule has 2 rings (SSSR count). The van der Waals surface area contributed by atoms with Gasteiger partial charge < -0.3 is 14.4 Å². The fourth-order valence-corrected chi connectivity index (χ4v) is 2.81. The van der Waals surface area contributed by atoms with Gasteiger partial charge in [0.05, 0.1) is 22.9 Å². The van der Waals surface area contributed by atoms with Crippen molar-refractivity contribution in [3.8, 4) is 12.3 Å². The molecule has 0 saturated heterocycles. The molecule has 0 atom stereocenters. The maximum Gasteiger partial charge on any atom is 0.206 e. The zero-order valence-corrected chi connectivity index (χ0v) is 12.5. The summed E-state index contributed by atoms with van der Waals surface area (Å²) >= 11 is 0. The normalized spacial score (nSPS) is 10.4. The van der Waals surface area contributed by atoms with Gasteiger partial charge in [-0.15, -0.1) is 6.42 Å². The predicted molar refractivity (Wildman–Crippen MR) is 82.4 cm³/mol. The molecule has 2 aromatic rings. The number of aromatic nitrogens is 1. The summed E-state index contributed by atoms with van der Waals surface area (Å²) in [5.74, 6) is 1.96. The number of rotatable bonds is 5. The van der Waals surface area contributed by atoms with E-state index in [1.54, 1.807) is 44.8 Å². The van der Waals surface area contributed by atoms with E-state index in [2.05, 4.69) is 16.2 Å². The minimum atomic E-state index is -1.24. The summed E-state index contributed by atoms with van der Waals surface area (Å²) < 4.78 is 24.6. The second kappa shape index (κ2) is 7.14. The van der Waals surface area contributed by atoms with Crippen LogP contribution in [0.25, 0.3) is 0 Å². The van der Waals surface area contributed by atoms with Crippen LogP contribution in [0.4, 0.5) is 15.8 Å². The summed E-state index contributed by atoms with van der Waals surface area (Å²) in [6.45, 7) is 0. The second-order valence-electron chi connectivity index (χ2n) is 3.98. The van der Waals surface area contributed by atoms with Crippen LogP contribution in [0.15, 0.2) is 36.7 Å². The van der Waals surface area contributed by atoms with Crippen molar-refractivity contribution in [2.24, 2.45) is 0 Å². The van der Waals surface area contributed by atoms with E-state index in [0.29, 0.717) is 16.9 Å². The van der Waals surface area contributed by atoms with Gasteiger partial charge in [0.15, 0.2) is 0 Å². The predicted octanol–water partition coefficient (Wildman–Crippen LogP) is 3.18. The van der Waals surface area contributed by atoms with Gasteiger partial charge in [0.2, 0.25) is 8.38 Å². The molecule has 0 spiro atoms. The molecular formula is C15H14FN2O2P. The Morgan fingerprint density at radius 1 is 1.24 bits per heavy atom. The van der Waals surface area contributed by atoms with Gasteiger partial charge in [0.25, 0.3) is 0 Å². The molecule has 1 aromatic carbocycles. The minimum absolute atomic E-state index is 0.311. The molecule has 1 N–H and O–H groups in total. The zero-order valence-electron chi connectivity index (χ0n) is 11.6. The molecule has 1 aromatic heterocycles. The molecule has 0 unspecified atom stereocenters. The van der Waals surface area contributed by atoms with Crippen molar-refractivity contribution in [2.45, 2.75) is 0 Å². The maximum absolute atomic E-state index is 14.0. The van der Waals surface area contributed by atoms with E-state index in [4.69, 9.17) is 15.5 Å². The van der Waals surface area contributed by atoms with Crippen LogP contribution in [0.1, 0.15) is 5.56 Å². The summed E-state index contributed by atoms with van der Waals surface area (Å²) in [6, 6.07) is 6.32. The van der Waals surface area contributed by atoms with Gasteiger partial charge in [0.1, 0.15) is 5.82 Å². The molecule has 0 saturated carbocycles. The largest absolute Gasteiger partial charge is 0.351 e. The smallest absolute Gasteiger partial charge is 0.206 e. The van der Waals surface area contributed by atoms with Crippen LogP contribution < -0.4 is 10.6 Å². The molecule has 0 aliphatic heterocycles. The Kier molecular flexibility index (Phi) is 5.24. The molecule has 6 heteroatoms. The van der Waals surface area contributed by atoms with Crippen LogP contribution in [0, 0.1) is 18.2 Å². The van der Waals surface area contributed by atoms with Gasteiger partial charge in [0, 0.05) is 26.0 Å². The van der Waals surface area contributed by atoms with Crippen molar-refractivity contribution in [3.05, 3.63) is 48.0 Å². The number of pyridine rings is 1. The summed E-state index contributed by atoms with van der Waals surface area (Å²) in [7, 11) is 1.87. The van der Waals surface area contributed by atoms with Crippen LogP contribution in [0.3, 0.4) is 0 Å². The number of terminal acetylenes is 1. The van der Waals surface area contributed by atoms with E-state index in [0.717, 1.165) is 5.30 Å². The number of halogens is 1. The molecule has 0 radical (unpaired) electrons. The fourth-order valence-electron chi connectivity index (χ4n) is 1.77. The second-order valence-corrected chi connectivity index (χ2v) is 5.71. The number of hydrogen-bond acceptors (Lipinski definition) is 4. The molecule has 0 aliphatic carbocycles. The van der Waals surface area contributed by atoms with E-state index >= 15 is 0 Å². The van der Waals surface area contributed by atoms with Crippen molar-refractivity contribution in [3.63, 3.8) is 0 Å². The summed E-state index contributed by atoms with van der Waals surface area (Å²) in [5, 5.41) is 3.77. The van der Waals surface area contributed by atoms with Crippen LogP contribution in [-0.2, 0) is 9.05 Å². The van der Waals surface area contributed by atoms with Gasteiger partial charge in [-0.3, -0.25) is 4.98 Å². The minimum Gasteiger partial charge on any atom is -0.351 e. The number of nitrogens with zero attached hydrogens (tertiary/aromatic N) is 1. The number of benzene rings is 1. The first-order chi connectivity index (χ1) is 10.2. The highest BCUT2D eigenvalue weighted by atomic mass is 31.2. The van der Waals surface area contributed by atoms with E-state index in [-0.39, 0.29) is 0 Å². The first-order valence-corrected chi connectivity index (χ1v) is 7.23. The lowest BCUT2D eigenvalue weighted by atomic mass is 10.2. The van der Waals surface area contributed by atoms with E-state index in [1.807, 2.05) is 0 Å². The first kappa shape index (κ1) is 15.4. The molecule has 0 bridgehead atoms. The highest BCUT2D eigenvalue weighted by molar-refractivity contribution is 7.56. The topological polar surface area (TPSA) is 43.4 Å². The van der Waals surface area contributed by atoms with Crippen LogP contribution in [0.2, 0.25) is 0 Å². The Morgan fingerprint density at radius 3 is 2.62 bits per heavy atom. The van der Waals surface area contributed by atoms with E-state index < -0.39 is 14.2 Å². The molecule has 0 fully saturated rings. The van der Waals surface area contributed by atoms with Gasteiger partial charge in [-0.05, 0) is 24.3 Å². The molecule has 0 aliphatic rings. The lowest BCUT2D eigenvalue weighted by Gasteiger charge is -2.17. The van der Waals surface area contributed by atoms with Gasteiger partial charge >= 0.3 is 0 Å². The molecule has 1 heterocycles. The maximum atomic E-state index is 14.0. The average Bonchev–Trinajstić information content (AvgIpc) is 2.52. The molecule has 21 heavy (non-hydrogen) atoms. The third-order valence-electron chi connectivity index (χ3n) is 2.73. The third-order valence-corrected chi connectivity index (χ3v) is 4.18. The summed E-state index contributed by atoms with van der Waals surface area (Å²) in [5.41, 5.74) is 1.42. The highest BCUT2D eigenvalue weighted by Crippen LogP contribution is 2.38. The Bertz CT molecular complexity index is 669. The van der Waals surface area contributed by atoms with Crippen molar-refractivity contribution >= 4 is 25.1 Å². The number of nitrogens with one attached hydrogen (secondary N) is 1. The Labute approximate surface area is 124 Å². The Balaban J connectivity index is 2.34. The summed E-state index contributed by atoms with van der Waals surface area (Å²) in [4.78, 5) is 4.04. The lowest BCUT2D eigenvalue weighted by Crippen LogP contribution is -2.11. The van der Waals surface area contributed by atoms with Gasteiger partial charge in [-0.1, -0.05) is 5.92 Å². The standard InChI is InChI=1S/C15H14FN2O2P/c1-4-11-5-6-13(12(16)9-11)18-14-10-17-8-7-15(14)21(19-2)20-3/h1,5-10,18H,2-3H3. The monoisotopic (exact) mass is 304 g/mol. The van der Waals surface area contributed by atoms with Crippen molar-refractivity contribution in [1.29, 1.82) is 0 Å². The van der Waals surface area contributed by atoms with Crippen LogP contribution in [-0.4, -0.2) is 19.2 Å². The first-order valence-electron chi connectivity index (χ1n) is 6.05. The highest BCUT2D eigenvalue weighted by Gasteiger charge is 2.16. The van der Waals surface area contributed by atoms with Gasteiger partial charge in [-0.2, -0.15) is 0 Å².